The molecular weight excluding hydrogens is 409 g/mol. The number of nitrogens with zero attached hydrogens (tertiary/aromatic N) is 5. The Hall–Kier alpha value is -3.42. The van der Waals surface area contributed by atoms with Crippen molar-refractivity contribution in [1.29, 1.82) is 0 Å². The molecule has 2 fully saturated rings. The molecule has 164 valence electrons. The van der Waals surface area contributed by atoms with E-state index in [1.807, 2.05) is 24.0 Å². The smallest absolute Gasteiger partial charge is 0.273 e. The molecule has 0 aromatic carbocycles. The Balaban J connectivity index is 1.29. The maximum absolute atomic E-state index is 13.5. The lowest BCUT2D eigenvalue weighted by atomic mass is 9.93. The van der Waals surface area contributed by atoms with Crippen LogP contribution >= 0.6 is 0 Å². The molecule has 2 unspecified atom stereocenters. The quantitative estimate of drug-likeness (QED) is 0.590. The van der Waals surface area contributed by atoms with E-state index in [-0.39, 0.29) is 17.1 Å². The Morgan fingerprint density at radius 1 is 1.22 bits per heavy atom. The second-order valence-electron chi connectivity index (χ2n) is 8.61. The largest absolute Gasteiger partial charge is 0.478 e. The van der Waals surface area contributed by atoms with Gasteiger partial charge in [0, 0.05) is 37.2 Å². The summed E-state index contributed by atoms with van der Waals surface area (Å²) in [7, 11) is 0. The first-order valence-electron chi connectivity index (χ1n) is 10.8. The van der Waals surface area contributed by atoms with Gasteiger partial charge in [-0.1, -0.05) is 0 Å². The molecule has 32 heavy (non-hydrogen) atoms. The highest BCUT2D eigenvalue weighted by atomic mass is 19.1. The van der Waals surface area contributed by atoms with Gasteiger partial charge >= 0.3 is 0 Å². The molecule has 7 nitrogen and oxygen atoms in total. The number of aryl methyl sites for hydroxylation is 1. The van der Waals surface area contributed by atoms with Crippen molar-refractivity contribution in [2.45, 2.75) is 26.2 Å². The van der Waals surface area contributed by atoms with E-state index in [1.165, 1.54) is 12.1 Å². The van der Waals surface area contributed by atoms with Gasteiger partial charge in [0.2, 0.25) is 5.88 Å². The fourth-order valence-electron chi connectivity index (χ4n) is 4.66. The zero-order chi connectivity index (χ0) is 22.1. The summed E-state index contributed by atoms with van der Waals surface area (Å²) < 4.78 is 18.7. The number of amides is 1. The van der Waals surface area contributed by atoms with Gasteiger partial charge in [-0.3, -0.25) is 4.79 Å². The van der Waals surface area contributed by atoms with E-state index in [0.29, 0.717) is 42.0 Å². The highest BCUT2D eigenvalue weighted by Gasteiger charge is 2.57. The van der Waals surface area contributed by atoms with Crippen LogP contribution in [-0.4, -0.2) is 50.4 Å². The van der Waals surface area contributed by atoms with Crippen LogP contribution in [0.1, 0.15) is 35.4 Å². The molecule has 1 saturated carbocycles. The summed E-state index contributed by atoms with van der Waals surface area (Å²) in [5, 5.41) is 0. The van der Waals surface area contributed by atoms with Crippen molar-refractivity contribution in [2.24, 2.45) is 11.3 Å². The molecule has 3 aromatic heterocycles. The summed E-state index contributed by atoms with van der Waals surface area (Å²) in [6.45, 7) is 3.77. The summed E-state index contributed by atoms with van der Waals surface area (Å²) in [4.78, 5) is 32.5. The van der Waals surface area contributed by atoms with Crippen molar-refractivity contribution < 1.29 is 13.9 Å². The lowest BCUT2D eigenvalue weighted by molar-refractivity contribution is 0.0633. The topological polar surface area (TPSA) is 81.1 Å². The third-order valence-electron chi connectivity index (χ3n) is 6.49. The van der Waals surface area contributed by atoms with Crippen molar-refractivity contribution in [1.82, 2.24) is 24.8 Å². The monoisotopic (exact) mass is 433 g/mol. The Labute approximate surface area is 185 Å². The second kappa shape index (κ2) is 8.26. The van der Waals surface area contributed by atoms with Gasteiger partial charge < -0.3 is 9.64 Å². The minimum absolute atomic E-state index is 0.0706. The molecule has 3 aromatic rings. The third-order valence-corrected chi connectivity index (χ3v) is 6.49. The van der Waals surface area contributed by atoms with E-state index < -0.39 is 0 Å². The van der Waals surface area contributed by atoms with Gasteiger partial charge in [-0.15, -0.1) is 0 Å². The van der Waals surface area contributed by atoms with E-state index in [4.69, 9.17) is 4.74 Å². The maximum atomic E-state index is 13.5. The number of hydrogen-bond acceptors (Lipinski definition) is 6. The number of pyridine rings is 2. The van der Waals surface area contributed by atoms with Gasteiger partial charge in [0.1, 0.15) is 11.5 Å². The summed E-state index contributed by atoms with van der Waals surface area (Å²) in [5.74, 6) is 1.06. The molecule has 2 atom stereocenters. The van der Waals surface area contributed by atoms with E-state index in [2.05, 4.69) is 19.9 Å². The van der Waals surface area contributed by atoms with Crippen molar-refractivity contribution in [3.63, 3.8) is 0 Å². The predicted octanol–water partition coefficient (Wildman–Crippen LogP) is 3.70. The fraction of sp³-hybridized carbons (Fsp3) is 0.375. The van der Waals surface area contributed by atoms with Crippen LogP contribution in [0.3, 0.4) is 0 Å². The van der Waals surface area contributed by atoms with E-state index in [0.717, 1.165) is 37.7 Å². The van der Waals surface area contributed by atoms with E-state index >= 15 is 0 Å². The average molecular weight is 433 g/mol. The van der Waals surface area contributed by atoms with Crippen LogP contribution in [0.4, 0.5) is 4.39 Å². The molecule has 8 heteroatoms. The molecule has 1 aliphatic carbocycles. The van der Waals surface area contributed by atoms with Crippen LogP contribution in [-0.2, 0) is 0 Å². The summed E-state index contributed by atoms with van der Waals surface area (Å²) in [5.41, 5.74) is 1.90. The minimum atomic E-state index is -0.385. The van der Waals surface area contributed by atoms with Gasteiger partial charge in [-0.05, 0) is 61.8 Å². The number of carbonyl (C=O) groups is 1. The number of rotatable bonds is 6. The van der Waals surface area contributed by atoms with Gasteiger partial charge in [-0.25, -0.2) is 24.3 Å². The fourth-order valence-corrected chi connectivity index (χ4v) is 4.66. The van der Waals surface area contributed by atoms with Crippen LogP contribution in [0.15, 0.2) is 48.9 Å². The summed E-state index contributed by atoms with van der Waals surface area (Å²) >= 11 is 0. The average Bonchev–Trinajstić information content (AvgIpc) is 3.54. The second-order valence-corrected chi connectivity index (χ2v) is 8.61. The molecule has 0 N–H and O–H groups in total. The number of aromatic nitrogens is 4. The molecule has 0 bridgehead atoms. The zero-order valence-corrected chi connectivity index (χ0v) is 17.9. The highest BCUT2D eigenvalue weighted by molar-refractivity contribution is 5.98. The number of fused-ring (bicyclic) bond motifs is 1. The lowest BCUT2D eigenvalue weighted by Gasteiger charge is -2.33. The molecule has 5 rings (SSSR count). The highest BCUT2D eigenvalue weighted by Crippen LogP contribution is 2.59. The molecule has 1 saturated heterocycles. The first kappa shape index (κ1) is 20.5. The molecule has 1 aliphatic heterocycles. The van der Waals surface area contributed by atoms with Crippen LogP contribution in [0.5, 0.6) is 5.88 Å². The molecule has 1 amide bonds. The van der Waals surface area contributed by atoms with E-state index in [9.17, 15) is 9.18 Å². The first-order chi connectivity index (χ1) is 15.5. The number of likely N-dealkylation sites (tertiary alicyclic amines) is 1. The van der Waals surface area contributed by atoms with Gasteiger partial charge in [0.05, 0.1) is 18.4 Å². The molecule has 0 radical (unpaired) electrons. The van der Waals surface area contributed by atoms with Gasteiger partial charge in [-0.2, -0.15) is 0 Å². The van der Waals surface area contributed by atoms with Crippen molar-refractivity contribution in [2.75, 3.05) is 19.7 Å². The summed E-state index contributed by atoms with van der Waals surface area (Å²) in [6, 6.07) is 8.36. The van der Waals surface area contributed by atoms with Crippen LogP contribution < -0.4 is 4.74 Å². The third kappa shape index (κ3) is 4.04. The SMILES string of the molecule is Cc1ccc(-c2ncccn2)c(C(=O)N2CCC3CC3(CCOc3ccc(F)cn3)C2)n1. The minimum Gasteiger partial charge on any atom is -0.478 e. The molecule has 2 aliphatic rings. The molecular formula is C24H24FN5O2. The van der Waals surface area contributed by atoms with Crippen molar-refractivity contribution in [3.8, 4) is 17.3 Å². The van der Waals surface area contributed by atoms with Gasteiger partial charge in [0.15, 0.2) is 5.82 Å². The number of ether oxygens (including phenoxy) is 1. The van der Waals surface area contributed by atoms with Crippen LogP contribution in [0.2, 0.25) is 0 Å². The molecule has 4 heterocycles. The lowest BCUT2D eigenvalue weighted by Crippen LogP contribution is -2.42. The normalized spacial score (nSPS) is 21.7. The molecule has 0 spiro atoms. The summed E-state index contributed by atoms with van der Waals surface area (Å²) in [6.07, 6.45) is 7.37. The predicted molar refractivity (Wildman–Crippen MR) is 115 cm³/mol. The number of carbonyl (C=O) groups excluding carboxylic acids is 1. The number of piperidine rings is 1. The van der Waals surface area contributed by atoms with Crippen LogP contribution in [0, 0.1) is 24.1 Å². The Kier molecular flexibility index (Phi) is 5.28. The standard InChI is InChI=1S/C24H24FN5O2/c1-16-3-5-19(22-26-9-2-10-27-22)21(29-16)23(31)30-11-7-17-13-24(17,15-30)8-12-32-20-6-4-18(25)14-28-20/h2-6,9-10,14,17H,7-8,11-13,15H2,1H3. The van der Waals surface area contributed by atoms with E-state index in [1.54, 1.807) is 18.5 Å². The Morgan fingerprint density at radius 2 is 2.06 bits per heavy atom. The van der Waals surface area contributed by atoms with Gasteiger partial charge in [0.25, 0.3) is 5.91 Å². The number of halogens is 1. The Bertz CT molecular complexity index is 1120. The maximum Gasteiger partial charge on any atom is 0.273 e. The van der Waals surface area contributed by atoms with Crippen LogP contribution in [0.25, 0.3) is 11.4 Å². The van der Waals surface area contributed by atoms with Crippen molar-refractivity contribution >= 4 is 5.91 Å². The Morgan fingerprint density at radius 3 is 2.84 bits per heavy atom. The number of hydrogen-bond donors (Lipinski definition) is 0. The first-order valence-corrected chi connectivity index (χ1v) is 10.8. The van der Waals surface area contributed by atoms with Crippen molar-refractivity contribution in [3.05, 3.63) is 66.1 Å². The zero-order valence-electron chi connectivity index (χ0n) is 17.9.